The molecule has 0 bridgehead atoms. The molecule has 222 valence electrons. The van der Waals surface area contributed by atoms with Crippen molar-refractivity contribution in [1.29, 1.82) is 0 Å². The van der Waals surface area contributed by atoms with Crippen molar-refractivity contribution in [3.8, 4) is 5.75 Å². The second kappa shape index (κ2) is 12.9. The summed E-state index contributed by atoms with van der Waals surface area (Å²) in [5.74, 6) is -3.39. The number of phenolic OH excluding ortho intramolecular Hbond substituents is 1. The molecule has 3 atom stereocenters. The largest absolute Gasteiger partial charge is 0.508 e. The standard InChI is InChI=1S/C31H33F2N3O5S/c1-18-23(10-7-11-25(18)37)28(39)35-24(14-19-8-5-4-6-9-19)26(38)30(41)36-17-42-31(2,3)27(36)29(40)34-16-20-12-21(32)15-22(33)13-20/h4-13,15,24,26-27,37-38H,14,16-17H2,1-3H3,(H,34,40)(H,35,39)/t24-,26-,27+/m0/s1. The Morgan fingerprint density at radius 1 is 1.02 bits per heavy atom. The number of nitrogens with one attached hydrogen (secondary N) is 2. The van der Waals surface area contributed by atoms with Gasteiger partial charge in [0.05, 0.1) is 11.9 Å². The fourth-order valence-electron chi connectivity index (χ4n) is 4.98. The molecular formula is C31H33F2N3O5S. The Labute approximate surface area is 247 Å². The normalized spacial score (nSPS) is 17.4. The fourth-order valence-corrected chi connectivity index (χ4v) is 6.12. The van der Waals surface area contributed by atoms with Gasteiger partial charge in [-0.2, -0.15) is 0 Å². The number of aromatic hydroxyl groups is 1. The van der Waals surface area contributed by atoms with Gasteiger partial charge in [0, 0.05) is 28.5 Å². The van der Waals surface area contributed by atoms with Crippen LogP contribution in [0.5, 0.6) is 5.75 Å². The summed E-state index contributed by atoms with van der Waals surface area (Å²) in [4.78, 5) is 41.6. The summed E-state index contributed by atoms with van der Waals surface area (Å²) in [6.45, 7) is 5.00. The van der Waals surface area contributed by atoms with Gasteiger partial charge in [0.1, 0.15) is 23.4 Å². The van der Waals surface area contributed by atoms with E-state index in [0.717, 1.165) is 23.8 Å². The lowest BCUT2D eigenvalue weighted by atomic mass is 9.96. The van der Waals surface area contributed by atoms with Crippen molar-refractivity contribution in [1.82, 2.24) is 15.5 Å². The minimum Gasteiger partial charge on any atom is -0.508 e. The lowest BCUT2D eigenvalue weighted by Crippen LogP contribution is -2.58. The number of hydrogen-bond acceptors (Lipinski definition) is 6. The number of aliphatic hydroxyl groups excluding tert-OH is 1. The minimum atomic E-state index is -1.71. The molecule has 1 heterocycles. The van der Waals surface area contributed by atoms with Gasteiger partial charge in [-0.05, 0) is 62.6 Å². The molecule has 4 rings (SSSR count). The average molecular weight is 598 g/mol. The summed E-state index contributed by atoms with van der Waals surface area (Å²) >= 11 is 1.34. The van der Waals surface area contributed by atoms with E-state index in [-0.39, 0.29) is 35.7 Å². The van der Waals surface area contributed by atoms with E-state index in [2.05, 4.69) is 10.6 Å². The topological polar surface area (TPSA) is 119 Å². The van der Waals surface area contributed by atoms with Crippen LogP contribution >= 0.6 is 11.8 Å². The van der Waals surface area contributed by atoms with Gasteiger partial charge in [0.25, 0.3) is 11.8 Å². The molecule has 4 N–H and O–H groups in total. The first-order chi connectivity index (χ1) is 19.9. The lowest BCUT2D eigenvalue weighted by molar-refractivity contribution is -0.147. The molecule has 1 saturated heterocycles. The monoisotopic (exact) mass is 597 g/mol. The molecule has 0 saturated carbocycles. The van der Waals surface area contributed by atoms with E-state index in [0.29, 0.717) is 5.56 Å². The van der Waals surface area contributed by atoms with Gasteiger partial charge in [-0.1, -0.05) is 36.4 Å². The molecule has 3 aromatic rings. The highest BCUT2D eigenvalue weighted by Crippen LogP contribution is 2.40. The summed E-state index contributed by atoms with van der Waals surface area (Å²) < 4.78 is 26.5. The van der Waals surface area contributed by atoms with Crippen LogP contribution in [0.1, 0.15) is 40.9 Å². The first-order valence-electron chi connectivity index (χ1n) is 13.4. The van der Waals surface area contributed by atoms with Crippen LogP contribution in [0.4, 0.5) is 8.78 Å². The lowest BCUT2D eigenvalue weighted by Gasteiger charge is -2.33. The summed E-state index contributed by atoms with van der Waals surface area (Å²) in [7, 11) is 0. The highest BCUT2D eigenvalue weighted by Gasteiger charge is 2.49. The predicted molar refractivity (Wildman–Crippen MR) is 156 cm³/mol. The van der Waals surface area contributed by atoms with Gasteiger partial charge in [0.15, 0.2) is 6.10 Å². The molecule has 0 aromatic heterocycles. The van der Waals surface area contributed by atoms with Gasteiger partial charge in [0.2, 0.25) is 5.91 Å². The van der Waals surface area contributed by atoms with Gasteiger partial charge in [-0.25, -0.2) is 8.78 Å². The summed E-state index contributed by atoms with van der Waals surface area (Å²) in [6.07, 6.45) is -1.60. The quantitative estimate of drug-likeness (QED) is 0.299. The van der Waals surface area contributed by atoms with Crippen molar-refractivity contribution >= 4 is 29.5 Å². The molecule has 8 nitrogen and oxygen atoms in total. The molecule has 0 radical (unpaired) electrons. The van der Waals surface area contributed by atoms with Crippen LogP contribution in [0.15, 0.2) is 66.7 Å². The Hall–Kier alpha value is -3.96. The van der Waals surface area contributed by atoms with Gasteiger partial charge in [-0.15, -0.1) is 11.8 Å². The van der Waals surface area contributed by atoms with E-state index >= 15 is 0 Å². The smallest absolute Gasteiger partial charge is 0.254 e. The van der Waals surface area contributed by atoms with Crippen molar-refractivity contribution in [2.24, 2.45) is 0 Å². The van der Waals surface area contributed by atoms with Gasteiger partial charge < -0.3 is 25.7 Å². The molecule has 3 amide bonds. The Morgan fingerprint density at radius 2 is 1.69 bits per heavy atom. The molecular weight excluding hydrogens is 564 g/mol. The first-order valence-corrected chi connectivity index (χ1v) is 14.3. The third-order valence-electron chi connectivity index (χ3n) is 7.27. The van der Waals surface area contributed by atoms with Crippen LogP contribution in [0, 0.1) is 18.6 Å². The molecule has 1 fully saturated rings. The maximum Gasteiger partial charge on any atom is 0.254 e. The number of benzene rings is 3. The zero-order valence-electron chi connectivity index (χ0n) is 23.4. The Bertz CT molecular complexity index is 1450. The number of thioether (sulfide) groups is 1. The number of amides is 3. The van der Waals surface area contributed by atoms with Crippen LogP contribution in [0.25, 0.3) is 0 Å². The van der Waals surface area contributed by atoms with Crippen LogP contribution in [0.3, 0.4) is 0 Å². The maximum absolute atomic E-state index is 13.8. The molecule has 11 heteroatoms. The second-order valence-electron chi connectivity index (χ2n) is 10.7. The van der Waals surface area contributed by atoms with E-state index < -0.39 is 52.3 Å². The molecule has 0 spiro atoms. The highest BCUT2D eigenvalue weighted by atomic mass is 32.2. The SMILES string of the molecule is Cc1c(O)cccc1C(=O)N[C@@H](Cc1ccccc1)[C@H](O)C(=O)N1CSC(C)(C)[C@H]1C(=O)NCc1cc(F)cc(F)c1. The minimum absolute atomic E-state index is 0.0648. The maximum atomic E-state index is 13.8. The third-order valence-corrected chi connectivity index (χ3v) is 8.64. The zero-order valence-corrected chi connectivity index (χ0v) is 24.3. The van der Waals surface area contributed by atoms with Crippen LogP contribution < -0.4 is 10.6 Å². The Balaban J connectivity index is 1.56. The Morgan fingerprint density at radius 3 is 2.36 bits per heavy atom. The number of carbonyl (C=O) groups excluding carboxylic acids is 3. The number of carbonyl (C=O) groups is 3. The van der Waals surface area contributed by atoms with Crippen molar-refractivity contribution in [3.63, 3.8) is 0 Å². The van der Waals surface area contributed by atoms with Crippen LogP contribution in [0.2, 0.25) is 0 Å². The third kappa shape index (κ3) is 7.08. The number of aliphatic hydroxyl groups is 1. The van der Waals surface area contributed by atoms with E-state index in [1.54, 1.807) is 45.0 Å². The first kappa shape index (κ1) is 31.0. The Kier molecular flexibility index (Phi) is 9.53. The van der Waals surface area contributed by atoms with E-state index in [4.69, 9.17) is 0 Å². The highest BCUT2D eigenvalue weighted by molar-refractivity contribution is 8.00. The van der Waals surface area contributed by atoms with E-state index in [1.165, 1.54) is 34.9 Å². The van der Waals surface area contributed by atoms with E-state index in [1.807, 2.05) is 6.07 Å². The predicted octanol–water partition coefficient (Wildman–Crippen LogP) is 3.68. The van der Waals surface area contributed by atoms with Crippen LogP contribution in [-0.4, -0.2) is 61.6 Å². The van der Waals surface area contributed by atoms with Gasteiger partial charge >= 0.3 is 0 Å². The summed E-state index contributed by atoms with van der Waals surface area (Å²) in [5.41, 5.74) is 1.52. The van der Waals surface area contributed by atoms with Crippen LogP contribution in [-0.2, 0) is 22.6 Å². The second-order valence-corrected chi connectivity index (χ2v) is 12.3. The number of hydrogen-bond donors (Lipinski definition) is 4. The summed E-state index contributed by atoms with van der Waals surface area (Å²) in [5, 5.41) is 26.8. The van der Waals surface area contributed by atoms with E-state index in [9.17, 15) is 33.4 Å². The number of rotatable bonds is 9. The van der Waals surface area contributed by atoms with Gasteiger partial charge in [-0.3, -0.25) is 14.4 Å². The van der Waals surface area contributed by atoms with Crippen molar-refractivity contribution in [3.05, 3.63) is 101 Å². The molecule has 0 aliphatic carbocycles. The fraction of sp³-hybridized carbons (Fsp3) is 0.323. The molecule has 1 aliphatic heterocycles. The zero-order chi connectivity index (χ0) is 30.6. The average Bonchev–Trinajstić information content (AvgIpc) is 3.26. The summed E-state index contributed by atoms with van der Waals surface area (Å²) in [6, 6.07) is 14.4. The molecule has 1 aliphatic rings. The molecule has 0 unspecified atom stereocenters. The number of nitrogens with zero attached hydrogens (tertiary/aromatic N) is 1. The molecule has 42 heavy (non-hydrogen) atoms. The number of halogens is 2. The molecule has 3 aromatic carbocycles. The van der Waals surface area contributed by atoms with Crippen molar-refractivity contribution < 1.29 is 33.4 Å². The van der Waals surface area contributed by atoms with Crippen molar-refractivity contribution in [2.45, 2.75) is 56.7 Å². The van der Waals surface area contributed by atoms with Crippen molar-refractivity contribution in [2.75, 3.05) is 5.88 Å². The number of phenols is 1.